The Morgan fingerprint density at radius 3 is 2.60 bits per heavy atom. The summed E-state index contributed by atoms with van der Waals surface area (Å²) in [4.78, 5) is 16.1. The van der Waals surface area contributed by atoms with Crippen molar-refractivity contribution >= 4 is 5.95 Å². The Balaban J connectivity index is 1.92. The fourth-order valence-corrected chi connectivity index (χ4v) is 1.61. The highest BCUT2D eigenvalue weighted by Crippen LogP contribution is 2.19. The number of imidazole rings is 1. The van der Waals surface area contributed by atoms with E-state index in [2.05, 4.69) is 19.9 Å². The van der Waals surface area contributed by atoms with Gasteiger partial charge in [-0.05, 0) is 19.1 Å². The molecule has 2 N–H and O–H groups in total. The van der Waals surface area contributed by atoms with Crippen molar-refractivity contribution in [3.63, 3.8) is 0 Å². The number of aryl methyl sites for hydroxylation is 1. The van der Waals surface area contributed by atoms with Crippen molar-refractivity contribution in [2.24, 2.45) is 0 Å². The predicted octanol–water partition coefficient (Wildman–Crippen LogP) is 1.74. The lowest BCUT2D eigenvalue weighted by Crippen LogP contribution is -2.06. The summed E-state index contributed by atoms with van der Waals surface area (Å²) < 4.78 is 7.20. The van der Waals surface area contributed by atoms with E-state index in [-0.39, 0.29) is 12.0 Å². The molecule has 7 heteroatoms. The number of nitrogen functional groups attached to an aromatic ring is 1. The Morgan fingerprint density at radius 1 is 1.10 bits per heavy atom. The average Bonchev–Trinajstić information content (AvgIpc) is 2.95. The topological polar surface area (TPSA) is 91.7 Å². The second-order valence-electron chi connectivity index (χ2n) is 4.16. The monoisotopic (exact) mass is 268 g/mol. The van der Waals surface area contributed by atoms with Crippen LogP contribution in [0.5, 0.6) is 11.8 Å². The molecule has 2 aromatic heterocycles. The lowest BCUT2D eigenvalue weighted by molar-refractivity contribution is 0.439. The summed E-state index contributed by atoms with van der Waals surface area (Å²) in [6, 6.07) is 7.70. The van der Waals surface area contributed by atoms with Gasteiger partial charge in [0.1, 0.15) is 12.1 Å². The molecule has 0 fully saturated rings. The third-order valence-electron chi connectivity index (χ3n) is 2.59. The van der Waals surface area contributed by atoms with E-state index < -0.39 is 0 Å². The minimum absolute atomic E-state index is 0.0887. The van der Waals surface area contributed by atoms with Gasteiger partial charge in [0.05, 0.1) is 0 Å². The van der Waals surface area contributed by atoms with Crippen LogP contribution in [0.4, 0.5) is 5.95 Å². The van der Waals surface area contributed by atoms with Gasteiger partial charge in [-0.15, -0.1) is 0 Å². The van der Waals surface area contributed by atoms with Gasteiger partial charge in [0, 0.05) is 12.4 Å². The highest BCUT2D eigenvalue weighted by Gasteiger charge is 2.08. The van der Waals surface area contributed by atoms with E-state index in [0.29, 0.717) is 11.7 Å². The van der Waals surface area contributed by atoms with E-state index in [1.807, 2.05) is 31.2 Å². The molecule has 0 saturated carbocycles. The first-order valence-corrected chi connectivity index (χ1v) is 5.95. The van der Waals surface area contributed by atoms with Crippen molar-refractivity contribution in [2.75, 3.05) is 5.73 Å². The molecule has 0 aliphatic heterocycles. The quantitative estimate of drug-likeness (QED) is 0.777. The summed E-state index contributed by atoms with van der Waals surface area (Å²) in [6.45, 7) is 2.00. The summed E-state index contributed by atoms with van der Waals surface area (Å²) in [5.74, 6) is 1.08. The van der Waals surface area contributed by atoms with Gasteiger partial charge >= 0.3 is 6.01 Å². The number of nitrogens with two attached hydrogens (primary N) is 1. The van der Waals surface area contributed by atoms with Crippen LogP contribution in [0.2, 0.25) is 0 Å². The molecule has 3 aromatic rings. The normalized spacial score (nSPS) is 10.4. The SMILES string of the molecule is Cc1ccc(Oc2nc(N)nc(-n3ccnc3)n2)cc1. The molecule has 0 atom stereocenters. The minimum atomic E-state index is 0.0887. The van der Waals surface area contributed by atoms with Crippen LogP contribution in [-0.2, 0) is 0 Å². The molecule has 0 amide bonds. The number of nitrogens with zero attached hydrogens (tertiary/aromatic N) is 5. The summed E-state index contributed by atoms with van der Waals surface area (Å²) >= 11 is 0. The van der Waals surface area contributed by atoms with E-state index in [9.17, 15) is 0 Å². The van der Waals surface area contributed by atoms with Crippen LogP contribution < -0.4 is 10.5 Å². The number of hydrogen-bond acceptors (Lipinski definition) is 6. The number of aromatic nitrogens is 5. The standard InChI is InChI=1S/C13H12N6O/c1-9-2-4-10(5-3-9)20-13-17-11(14)16-12(18-13)19-7-6-15-8-19/h2-8H,1H3,(H2,14,16,17,18). The van der Waals surface area contributed by atoms with Gasteiger partial charge < -0.3 is 10.5 Å². The van der Waals surface area contributed by atoms with Crippen molar-refractivity contribution in [1.82, 2.24) is 24.5 Å². The van der Waals surface area contributed by atoms with Crippen molar-refractivity contribution < 1.29 is 4.74 Å². The van der Waals surface area contributed by atoms with E-state index in [0.717, 1.165) is 5.56 Å². The second-order valence-corrected chi connectivity index (χ2v) is 4.16. The first-order valence-electron chi connectivity index (χ1n) is 5.95. The first-order chi connectivity index (χ1) is 9.70. The average molecular weight is 268 g/mol. The highest BCUT2D eigenvalue weighted by atomic mass is 16.5. The molecular weight excluding hydrogens is 256 g/mol. The molecule has 0 spiro atoms. The van der Waals surface area contributed by atoms with Crippen molar-refractivity contribution in [1.29, 1.82) is 0 Å². The van der Waals surface area contributed by atoms with Gasteiger partial charge in [-0.2, -0.15) is 15.0 Å². The Kier molecular flexibility index (Phi) is 3.00. The maximum absolute atomic E-state index is 5.67. The minimum Gasteiger partial charge on any atom is -0.424 e. The maximum Gasteiger partial charge on any atom is 0.328 e. The summed E-state index contributed by atoms with van der Waals surface area (Å²) in [6.07, 6.45) is 4.91. The van der Waals surface area contributed by atoms with Crippen LogP contribution in [-0.4, -0.2) is 24.5 Å². The zero-order chi connectivity index (χ0) is 13.9. The molecule has 2 heterocycles. The van der Waals surface area contributed by atoms with Crippen LogP contribution in [0.25, 0.3) is 5.95 Å². The van der Waals surface area contributed by atoms with Crippen molar-refractivity contribution in [2.45, 2.75) is 6.92 Å². The Labute approximate surface area is 115 Å². The molecule has 0 aliphatic rings. The first kappa shape index (κ1) is 12.1. The van der Waals surface area contributed by atoms with Crippen molar-refractivity contribution in [3.05, 3.63) is 48.5 Å². The van der Waals surface area contributed by atoms with Gasteiger partial charge in [0.15, 0.2) is 0 Å². The zero-order valence-electron chi connectivity index (χ0n) is 10.8. The predicted molar refractivity (Wildman–Crippen MR) is 72.6 cm³/mol. The van der Waals surface area contributed by atoms with Gasteiger partial charge in [0.25, 0.3) is 0 Å². The third kappa shape index (κ3) is 2.56. The molecule has 3 rings (SSSR count). The van der Waals surface area contributed by atoms with Gasteiger partial charge in [-0.25, -0.2) is 4.98 Å². The molecular formula is C13H12N6O. The van der Waals surface area contributed by atoms with Crippen LogP contribution in [0.1, 0.15) is 5.56 Å². The largest absolute Gasteiger partial charge is 0.424 e. The summed E-state index contributed by atoms with van der Waals surface area (Å²) in [5, 5.41) is 0. The van der Waals surface area contributed by atoms with Gasteiger partial charge in [-0.3, -0.25) is 4.57 Å². The Morgan fingerprint density at radius 2 is 1.90 bits per heavy atom. The molecule has 0 aliphatic carbocycles. The molecule has 0 bridgehead atoms. The lowest BCUT2D eigenvalue weighted by Gasteiger charge is -2.06. The Bertz CT molecular complexity index is 708. The van der Waals surface area contributed by atoms with Crippen LogP contribution in [0, 0.1) is 6.92 Å². The molecule has 100 valence electrons. The number of hydrogen-bond donors (Lipinski definition) is 1. The third-order valence-corrected chi connectivity index (χ3v) is 2.59. The van der Waals surface area contributed by atoms with Crippen molar-refractivity contribution in [3.8, 4) is 17.7 Å². The number of anilines is 1. The second kappa shape index (κ2) is 4.96. The molecule has 7 nitrogen and oxygen atoms in total. The van der Waals surface area contributed by atoms with E-state index >= 15 is 0 Å². The zero-order valence-corrected chi connectivity index (χ0v) is 10.8. The number of ether oxygens (including phenoxy) is 1. The lowest BCUT2D eigenvalue weighted by atomic mass is 10.2. The number of rotatable bonds is 3. The van der Waals surface area contributed by atoms with Gasteiger partial charge in [-0.1, -0.05) is 17.7 Å². The summed E-state index contributed by atoms with van der Waals surface area (Å²) in [5.41, 5.74) is 6.81. The molecule has 0 saturated heterocycles. The number of benzene rings is 1. The molecule has 1 aromatic carbocycles. The van der Waals surface area contributed by atoms with Crippen LogP contribution >= 0.6 is 0 Å². The fraction of sp³-hybridized carbons (Fsp3) is 0.0769. The highest BCUT2D eigenvalue weighted by molar-refractivity contribution is 5.31. The smallest absolute Gasteiger partial charge is 0.328 e. The van der Waals surface area contributed by atoms with Crippen LogP contribution in [0.3, 0.4) is 0 Å². The van der Waals surface area contributed by atoms with Crippen LogP contribution in [0.15, 0.2) is 43.0 Å². The molecule has 0 radical (unpaired) electrons. The Hall–Kier alpha value is -2.96. The summed E-state index contributed by atoms with van der Waals surface area (Å²) in [7, 11) is 0. The molecule has 20 heavy (non-hydrogen) atoms. The van der Waals surface area contributed by atoms with E-state index in [4.69, 9.17) is 10.5 Å². The van der Waals surface area contributed by atoms with E-state index in [1.165, 1.54) is 0 Å². The van der Waals surface area contributed by atoms with E-state index in [1.54, 1.807) is 23.3 Å². The van der Waals surface area contributed by atoms with Gasteiger partial charge in [0.2, 0.25) is 11.9 Å². The fourth-order valence-electron chi connectivity index (χ4n) is 1.61. The maximum atomic E-state index is 5.67. The molecule has 0 unspecified atom stereocenters.